The number of nitrogens with one attached hydrogen (secondary N) is 1. The normalized spacial score (nSPS) is 49.8. The first-order valence-corrected chi connectivity index (χ1v) is 5.91. The molecule has 1 unspecified atom stereocenters. The highest BCUT2D eigenvalue weighted by atomic mass is 16.9. The van der Waals surface area contributed by atoms with Gasteiger partial charge in [-0.3, -0.25) is 0 Å². The van der Waals surface area contributed by atoms with Crippen LogP contribution in [-0.4, -0.2) is 37.4 Å². The van der Waals surface area contributed by atoms with Crippen LogP contribution in [0, 0.1) is 0 Å². The number of ether oxygens (including phenoxy) is 3. The molecule has 3 aliphatic rings. The second kappa shape index (κ2) is 3.42. The van der Waals surface area contributed by atoms with Crippen molar-refractivity contribution >= 4 is 0 Å². The molecule has 0 saturated carbocycles. The molecule has 4 nitrogen and oxygen atoms in total. The molecule has 2 bridgehead atoms. The molecular weight excluding hydrogens is 194 g/mol. The maximum absolute atomic E-state index is 5.87. The monoisotopic (exact) mass is 213 g/mol. The molecule has 0 aromatic rings. The third-order valence-corrected chi connectivity index (χ3v) is 3.51. The van der Waals surface area contributed by atoms with Gasteiger partial charge < -0.3 is 19.5 Å². The van der Waals surface area contributed by atoms with E-state index in [9.17, 15) is 0 Å². The van der Waals surface area contributed by atoms with Crippen LogP contribution in [0.3, 0.4) is 0 Å². The molecule has 3 aliphatic heterocycles. The Morgan fingerprint density at radius 3 is 2.60 bits per heavy atom. The zero-order chi connectivity index (χ0) is 10.4. The Morgan fingerprint density at radius 2 is 2.07 bits per heavy atom. The fourth-order valence-electron chi connectivity index (χ4n) is 2.66. The molecule has 0 aromatic heterocycles. The summed E-state index contributed by atoms with van der Waals surface area (Å²) < 4.78 is 17.2. The highest BCUT2D eigenvalue weighted by molar-refractivity contribution is 4.92. The van der Waals surface area contributed by atoms with E-state index in [4.69, 9.17) is 14.2 Å². The number of piperidine rings is 1. The predicted molar refractivity (Wildman–Crippen MR) is 54.4 cm³/mol. The topological polar surface area (TPSA) is 39.7 Å². The van der Waals surface area contributed by atoms with E-state index in [1.165, 1.54) is 19.3 Å². The van der Waals surface area contributed by atoms with E-state index in [-0.39, 0.29) is 5.60 Å². The number of fused-ring (bicyclic) bond motifs is 2. The van der Waals surface area contributed by atoms with Crippen LogP contribution in [0.25, 0.3) is 0 Å². The van der Waals surface area contributed by atoms with Gasteiger partial charge >= 0.3 is 0 Å². The van der Waals surface area contributed by atoms with Crippen molar-refractivity contribution in [1.29, 1.82) is 0 Å². The van der Waals surface area contributed by atoms with E-state index in [1.807, 2.05) is 0 Å². The predicted octanol–water partition coefficient (Wildman–Crippen LogP) is 1.01. The SMILES string of the molecule is CC12COC(CC3CCCCN3)(OC1)O2. The lowest BCUT2D eigenvalue weighted by Gasteiger charge is -2.31. The van der Waals surface area contributed by atoms with Crippen LogP contribution in [0.15, 0.2) is 0 Å². The minimum atomic E-state index is -0.732. The lowest BCUT2D eigenvalue weighted by molar-refractivity contribution is -0.304. The summed E-state index contributed by atoms with van der Waals surface area (Å²) in [6, 6.07) is 0.485. The van der Waals surface area contributed by atoms with E-state index >= 15 is 0 Å². The van der Waals surface area contributed by atoms with Gasteiger partial charge in [-0.15, -0.1) is 0 Å². The van der Waals surface area contributed by atoms with Crippen LogP contribution in [0.1, 0.15) is 32.6 Å². The molecule has 1 atom stereocenters. The molecule has 3 heterocycles. The summed E-state index contributed by atoms with van der Waals surface area (Å²) in [6.07, 6.45) is 4.60. The first-order valence-electron chi connectivity index (χ1n) is 5.91. The average molecular weight is 213 g/mol. The molecule has 3 fully saturated rings. The molecule has 0 amide bonds. The zero-order valence-corrected chi connectivity index (χ0v) is 9.25. The Labute approximate surface area is 90.3 Å². The van der Waals surface area contributed by atoms with Crippen molar-refractivity contribution in [1.82, 2.24) is 5.32 Å². The van der Waals surface area contributed by atoms with Gasteiger partial charge in [-0.2, -0.15) is 0 Å². The number of hydrogen-bond acceptors (Lipinski definition) is 4. The van der Waals surface area contributed by atoms with Crippen molar-refractivity contribution in [2.75, 3.05) is 19.8 Å². The van der Waals surface area contributed by atoms with Crippen LogP contribution in [0.2, 0.25) is 0 Å². The van der Waals surface area contributed by atoms with E-state index in [1.54, 1.807) is 0 Å². The van der Waals surface area contributed by atoms with Crippen molar-refractivity contribution < 1.29 is 14.2 Å². The molecule has 86 valence electrons. The Balaban J connectivity index is 1.63. The lowest BCUT2D eigenvalue weighted by Crippen LogP contribution is -2.43. The minimum Gasteiger partial charge on any atom is -0.324 e. The van der Waals surface area contributed by atoms with Gasteiger partial charge in [0.05, 0.1) is 13.2 Å². The quantitative estimate of drug-likeness (QED) is 0.743. The van der Waals surface area contributed by atoms with E-state index in [0.717, 1.165) is 13.0 Å². The summed E-state index contributed by atoms with van der Waals surface area (Å²) in [5.74, 6) is -0.732. The summed E-state index contributed by atoms with van der Waals surface area (Å²) in [7, 11) is 0. The second-order valence-corrected chi connectivity index (χ2v) is 5.16. The fourth-order valence-corrected chi connectivity index (χ4v) is 2.66. The number of rotatable bonds is 2. The van der Waals surface area contributed by atoms with Gasteiger partial charge in [0.15, 0.2) is 0 Å². The van der Waals surface area contributed by atoms with Crippen molar-refractivity contribution in [3.63, 3.8) is 0 Å². The Bertz CT molecular complexity index is 242. The van der Waals surface area contributed by atoms with Crippen LogP contribution < -0.4 is 5.32 Å². The summed E-state index contributed by atoms with van der Waals surface area (Å²) in [5, 5.41) is 3.50. The standard InChI is InChI=1S/C11H19NO3/c1-10-7-13-11(15-10,14-8-10)6-9-4-2-3-5-12-9/h9,12H,2-8H2,1H3. The van der Waals surface area contributed by atoms with Gasteiger partial charge in [-0.1, -0.05) is 6.42 Å². The van der Waals surface area contributed by atoms with Gasteiger partial charge in [-0.25, -0.2) is 0 Å². The fraction of sp³-hybridized carbons (Fsp3) is 1.00. The highest BCUT2D eigenvalue weighted by Crippen LogP contribution is 2.43. The van der Waals surface area contributed by atoms with Gasteiger partial charge in [0.1, 0.15) is 5.60 Å². The molecule has 15 heavy (non-hydrogen) atoms. The molecule has 4 heteroatoms. The summed E-state index contributed by atoms with van der Waals surface area (Å²) >= 11 is 0. The first-order chi connectivity index (χ1) is 7.20. The van der Waals surface area contributed by atoms with Crippen molar-refractivity contribution in [2.24, 2.45) is 0 Å². The molecule has 3 saturated heterocycles. The van der Waals surface area contributed by atoms with Crippen molar-refractivity contribution in [3.05, 3.63) is 0 Å². The first kappa shape index (κ1) is 10.0. The summed E-state index contributed by atoms with van der Waals surface area (Å²) in [4.78, 5) is 0. The highest BCUT2D eigenvalue weighted by Gasteiger charge is 2.57. The van der Waals surface area contributed by atoms with Crippen molar-refractivity contribution in [2.45, 2.75) is 50.2 Å². The van der Waals surface area contributed by atoms with Crippen LogP contribution in [0.4, 0.5) is 0 Å². The average Bonchev–Trinajstić information content (AvgIpc) is 2.73. The smallest absolute Gasteiger partial charge is 0.285 e. The Morgan fingerprint density at radius 1 is 1.27 bits per heavy atom. The van der Waals surface area contributed by atoms with E-state index < -0.39 is 5.97 Å². The molecule has 3 rings (SSSR count). The molecule has 0 aromatic carbocycles. The largest absolute Gasteiger partial charge is 0.324 e. The minimum absolute atomic E-state index is 0.200. The van der Waals surface area contributed by atoms with Gasteiger partial charge in [0.25, 0.3) is 5.97 Å². The zero-order valence-electron chi connectivity index (χ0n) is 9.25. The maximum Gasteiger partial charge on any atom is 0.285 e. The summed E-state index contributed by atoms with van der Waals surface area (Å²) in [5.41, 5.74) is -0.200. The molecular formula is C11H19NO3. The maximum atomic E-state index is 5.87. The third-order valence-electron chi connectivity index (χ3n) is 3.51. The Kier molecular flexibility index (Phi) is 2.28. The van der Waals surface area contributed by atoms with E-state index in [2.05, 4.69) is 12.2 Å². The van der Waals surface area contributed by atoms with Crippen LogP contribution >= 0.6 is 0 Å². The number of hydrogen-bond donors (Lipinski definition) is 1. The third kappa shape index (κ3) is 1.80. The van der Waals surface area contributed by atoms with E-state index in [0.29, 0.717) is 19.3 Å². The molecule has 1 N–H and O–H groups in total. The van der Waals surface area contributed by atoms with Crippen molar-refractivity contribution in [3.8, 4) is 0 Å². The Hall–Kier alpha value is -0.160. The molecule has 0 aliphatic carbocycles. The van der Waals surface area contributed by atoms with Gasteiger partial charge in [-0.05, 0) is 26.3 Å². The molecule has 0 radical (unpaired) electrons. The summed E-state index contributed by atoms with van der Waals surface area (Å²) in [6.45, 7) is 4.49. The lowest BCUT2D eigenvalue weighted by atomic mass is 10.0. The van der Waals surface area contributed by atoms with Gasteiger partial charge in [0, 0.05) is 12.5 Å². The van der Waals surface area contributed by atoms with Crippen LogP contribution in [-0.2, 0) is 14.2 Å². The van der Waals surface area contributed by atoms with Crippen LogP contribution in [0.5, 0.6) is 0 Å². The second-order valence-electron chi connectivity index (χ2n) is 5.16. The van der Waals surface area contributed by atoms with Gasteiger partial charge in [0.2, 0.25) is 0 Å². The molecule has 0 spiro atoms.